The van der Waals surface area contributed by atoms with Gasteiger partial charge in [0.25, 0.3) is 0 Å². The number of methoxy groups -OCH3 is 1. The molecule has 0 aliphatic heterocycles. The van der Waals surface area contributed by atoms with Gasteiger partial charge in [0.05, 0.1) is 45.3 Å². The molecule has 0 atom stereocenters. The van der Waals surface area contributed by atoms with Gasteiger partial charge in [-0.15, -0.1) is 0 Å². The Morgan fingerprint density at radius 3 is 2.63 bits per heavy atom. The monoisotopic (exact) mass is 440 g/mol. The standard InChI is InChI=1S/C22H15Cl2FN4O/c1-29-18-7-6-11(23)8-17(18)28-22(29)12-9-15-16(10-19(12)30-2)27-21(26-15)20-13(24)4-3-5-14(20)25/h3-10H,1-2H3,(H,26,27). The Balaban J connectivity index is 1.73. The Bertz CT molecular complexity index is 1420. The first kappa shape index (κ1) is 18.9. The minimum Gasteiger partial charge on any atom is -0.496 e. The molecule has 0 amide bonds. The van der Waals surface area contributed by atoms with E-state index < -0.39 is 5.82 Å². The number of benzene rings is 3. The second-order valence-electron chi connectivity index (χ2n) is 6.88. The van der Waals surface area contributed by atoms with Crippen molar-refractivity contribution in [3.8, 4) is 28.5 Å². The quantitative estimate of drug-likeness (QED) is 0.361. The molecule has 2 heterocycles. The number of aryl methyl sites for hydroxylation is 1. The predicted octanol–water partition coefficient (Wildman–Crippen LogP) is 6.24. The van der Waals surface area contributed by atoms with Gasteiger partial charge >= 0.3 is 0 Å². The highest BCUT2D eigenvalue weighted by Gasteiger charge is 2.19. The summed E-state index contributed by atoms with van der Waals surface area (Å²) in [5.41, 5.74) is 4.06. The maximum absolute atomic E-state index is 14.4. The fraction of sp³-hybridized carbons (Fsp3) is 0.0909. The average molecular weight is 441 g/mol. The van der Waals surface area contributed by atoms with Crippen LogP contribution in [-0.4, -0.2) is 26.6 Å². The Morgan fingerprint density at radius 2 is 1.87 bits per heavy atom. The van der Waals surface area contributed by atoms with Crippen molar-refractivity contribution in [1.29, 1.82) is 0 Å². The summed E-state index contributed by atoms with van der Waals surface area (Å²) < 4.78 is 22.0. The van der Waals surface area contributed by atoms with Gasteiger partial charge in [0, 0.05) is 18.1 Å². The summed E-state index contributed by atoms with van der Waals surface area (Å²) in [6, 6.07) is 13.8. The fourth-order valence-electron chi connectivity index (χ4n) is 3.64. The van der Waals surface area contributed by atoms with Crippen LogP contribution in [0.2, 0.25) is 10.0 Å². The number of ether oxygens (including phenoxy) is 1. The van der Waals surface area contributed by atoms with Gasteiger partial charge in [0.15, 0.2) is 0 Å². The zero-order valence-electron chi connectivity index (χ0n) is 16.0. The number of fused-ring (bicyclic) bond motifs is 2. The number of hydrogen-bond acceptors (Lipinski definition) is 3. The highest BCUT2D eigenvalue weighted by Crippen LogP contribution is 2.37. The zero-order chi connectivity index (χ0) is 21.0. The van der Waals surface area contributed by atoms with Crippen LogP contribution in [0.15, 0.2) is 48.5 Å². The minimum absolute atomic E-state index is 0.230. The predicted molar refractivity (Wildman–Crippen MR) is 118 cm³/mol. The lowest BCUT2D eigenvalue weighted by atomic mass is 10.1. The molecule has 0 spiro atoms. The third kappa shape index (κ3) is 2.91. The lowest BCUT2D eigenvalue weighted by Gasteiger charge is -2.08. The third-order valence-electron chi connectivity index (χ3n) is 5.09. The molecule has 0 unspecified atom stereocenters. The van der Waals surface area contributed by atoms with Gasteiger partial charge in [0.2, 0.25) is 0 Å². The summed E-state index contributed by atoms with van der Waals surface area (Å²) in [5.74, 6) is 1.23. The second kappa shape index (κ2) is 7.00. The van der Waals surface area contributed by atoms with E-state index in [2.05, 4.69) is 9.97 Å². The van der Waals surface area contributed by atoms with Crippen LogP contribution < -0.4 is 4.74 Å². The van der Waals surface area contributed by atoms with Gasteiger partial charge in [-0.05, 0) is 36.4 Å². The van der Waals surface area contributed by atoms with E-state index in [4.69, 9.17) is 32.9 Å². The number of halogens is 3. The number of aromatic nitrogens is 4. The molecule has 3 aromatic carbocycles. The summed E-state index contributed by atoms with van der Waals surface area (Å²) in [6.45, 7) is 0. The summed E-state index contributed by atoms with van der Waals surface area (Å²) >= 11 is 12.3. The van der Waals surface area contributed by atoms with Crippen LogP contribution in [0.1, 0.15) is 0 Å². The smallest absolute Gasteiger partial charge is 0.144 e. The van der Waals surface area contributed by atoms with Crippen LogP contribution in [0.4, 0.5) is 4.39 Å². The fourth-order valence-corrected chi connectivity index (χ4v) is 4.06. The molecule has 0 saturated carbocycles. The number of nitrogens with one attached hydrogen (secondary N) is 1. The number of imidazole rings is 2. The molecule has 30 heavy (non-hydrogen) atoms. The lowest BCUT2D eigenvalue weighted by Crippen LogP contribution is -1.96. The Morgan fingerprint density at radius 1 is 1.03 bits per heavy atom. The Hall–Kier alpha value is -3.09. The van der Waals surface area contributed by atoms with Crippen molar-refractivity contribution >= 4 is 45.3 Å². The van der Waals surface area contributed by atoms with Gasteiger partial charge in [-0.3, -0.25) is 0 Å². The van der Waals surface area contributed by atoms with E-state index in [1.54, 1.807) is 19.2 Å². The van der Waals surface area contributed by atoms with Crippen molar-refractivity contribution in [2.45, 2.75) is 0 Å². The third-order valence-corrected chi connectivity index (χ3v) is 5.64. The van der Waals surface area contributed by atoms with E-state index in [0.717, 1.165) is 16.6 Å². The topological polar surface area (TPSA) is 55.7 Å². The number of hydrogen-bond donors (Lipinski definition) is 1. The molecule has 150 valence electrons. The van der Waals surface area contributed by atoms with Gasteiger partial charge in [-0.2, -0.15) is 0 Å². The molecule has 5 nitrogen and oxygen atoms in total. The number of nitrogens with zero attached hydrogens (tertiary/aromatic N) is 3. The summed E-state index contributed by atoms with van der Waals surface area (Å²) in [6.07, 6.45) is 0. The second-order valence-corrected chi connectivity index (χ2v) is 7.72. The molecular formula is C22H15Cl2FN4O. The van der Waals surface area contributed by atoms with E-state index in [1.807, 2.05) is 41.9 Å². The number of rotatable bonds is 3. The minimum atomic E-state index is -0.444. The van der Waals surface area contributed by atoms with Crippen LogP contribution in [0.5, 0.6) is 5.75 Å². The normalized spacial score (nSPS) is 11.5. The largest absolute Gasteiger partial charge is 0.496 e. The van der Waals surface area contributed by atoms with Crippen LogP contribution >= 0.6 is 23.2 Å². The Labute approximate surface area is 181 Å². The molecule has 1 N–H and O–H groups in total. The molecule has 2 aromatic heterocycles. The molecule has 0 bridgehead atoms. The molecule has 5 aromatic rings. The van der Waals surface area contributed by atoms with Crippen molar-refractivity contribution in [2.24, 2.45) is 7.05 Å². The van der Waals surface area contributed by atoms with Gasteiger partial charge in [-0.1, -0.05) is 29.3 Å². The zero-order valence-corrected chi connectivity index (χ0v) is 17.5. The molecule has 0 fully saturated rings. The van der Waals surface area contributed by atoms with Crippen molar-refractivity contribution in [3.05, 3.63) is 64.4 Å². The number of H-pyrrole nitrogens is 1. The maximum Gasteiger partial charge on any atom is 0.144 e. The van der Waals surface area contributed by atoms with Crippen LogP contribution in [0, 0.1) is 5.82 Å². The first-order valence-corrected chi connectivity index (χ1v) is 9.86. The molecular weight excluding hydrogens is 426 g/mol. The maximum atomic E-state index is 14.4. The van der Waals surface area contributed by atoms with E-state index in [9.17, 15) is 4.39 Å². The molecule has 0 saturated heterocycles. The van der Waals surface area contributed by atoms with E-state index >= 15 is 0 Å². The summed E-state index contributed by atoms with van der Waals surface area (Å²) in [5, 5.41) is 0.904. The molecule has 8 heteroatoms. The van der Waals surface area contributed by atoms with E-state index in [-0.39, 0.29) is 10.6 Å². The number of aromatic amines is 1. The average Bonchev–Trinajstić information content (AvgIpc) is 3.26. The first-order chi connectivity index (χ1) is 14.5. The van der Waals surface area contributed by atoms with Crippen molar-refractivity contribution in [1.82, 2.24) is 19.5 Å². The highest BCUT2D eigenvalue weighted by molar-refractivity contribution is 6.33. The van der Waals surface area contributed by atoms with Crippen LogP contribution in [0.25, 0.3) is 44.8 Å². The molecule has 5 rings (SSSR count). The van der Waals surface area contributed by atoms with Crippen molar-refractivity contribution < 1.29 is 9.13 Å². The van der Waals surface area contributed by atoms with E-state index in [1.165, 1.54) is 6.07 Å². The van der Waals surface area contributed by atoms with Crippen LogP contribution in [0.3, 0.4) is 0 Å². The van der Waals surface area contributed by atoms with Gasteiger partial charge < -0.3 is 14.3 Å². The molecule has 0 radical (unpaired) electrons. The van der Waals surface area contributed by atoms with Gasteiger partial charge in [0.1, 0.15) is 23.2 Å². The SMILES string of the molecule is COc1cc2[nH]c(-c3c(F)cccc3Cl)nc2cc1-c1nc2cc(Cl)ccc2n1C. The molecule has 0 aliphatic rings. The molecule has 0 aliphatic carbocycles. The Kier molecular flexibility index (Phi) is 4.41. The van der Waals surface area contributed by atoms with Crippen LogP contribution in [-0.2, 0) is 7.05 Å². The van der Waals surface area contributed by atoms with Crippen molar-refractivity contribution in [2.75, 3.05) is 7.11 Å². The first-order valence-electron chi connectivity index (χ1n) is 9.10. The highest BCUT2D eigenvalue weighted by atomic mass is 35.5. The van der Waals surface area contributed by atoms with E-state index in [0.29, 0.717) is 33.5 Å². The summed E-state index contributed by atoms with van der Waals surface area (Å²) in [7, 11) is 3.52. The van der Waals surface area contributed by atoms with Crippen molar-refractivity contribution in [3.63, 3.8) is 0 Å². The summed E-state index contributed by atoms with van der Waals surface area (Å²) in [4.78, 5) is 12.4. The lowest BCUT2D eigenvalue weighted by molar-refractivity contribution is 0.416. The van der Waals surface area contributed by atoms with Gasteiger partial charge in [-0.25, -0.2) is 14.4 Å².